The van der Waals surface area contributed by atoms with Crippen LogP contribution in [0.25, 0.3) is 0 Å². The van der Waals surface area contributed by atoms with E-state index in [-0.39, 0.29) is 12.3 Å². The van der Waals surface area contributed by atoms with Crippen molar-refractivity contribution in [2.24, 2.45) is 10.8 Å². The van der Waals surface area contributed by atoms with Crippen LogP contribution in [0.1, 0.15) is 13.8 Å². The molecule has 0 aliphatic heterocycles. The van der Waals surface area contributed by atoms with E-state index >= 15 is 0 Å². The number of urea groups is 1. The zero-order valence-electron chi connectivity index (χ0n) is 7.86. The van der Waals surface area contributed by atoms with Crippen molar-refractivity contribution in [1.82, 2.24) is 5.43 Å². The number of esters is 1. The van der Waals surface area contributed by atoms with Crippen molar-refractivity contribution in [2.75, 3.05) is 6.61 Å². The van der Waals surface area contributed by atoms with Crippen LogP contribution in [0.4, 0.5) is 4.79 Å². The van der Waals surface area contributed by atoms with E-state index in [9.17, 15) is 14.4 Å². The normalized spacial score (nSPS) is 10.6. The molecule has 0 saturated heterocycles. The quantitative estimate of drug-likeness (QED) is 0.267. The lowest BCUT2D eigenvalue weighted by Crippen LogP contribution is -2.30. The molecule has 0 aromatic carbocycles. The SMILES string of the molecule is CCOC(=O)C(=O)/C(C)=N\NC(N)=O. The van der Waals surface area contributed by atoms with E-state index in [1.165, 1.54) is 6.92 Å². The highest BCUT2D eigenvalue weighted by atomic mass is 16.5. The van der Waals surface area contributed by atoms with Crippen molar-refractivity contribution in [1.29, 1.82) is 0 Å². The summed E-state index contributed by atoms with van der Waals surface area (Å²) < 4.78 is 4.42. The van der Waals surface area contributed by atoms with Gasteiger partial charge in [-0.2, -0.15) is 5.10 Å². The Balaban J connectivity index is 4.31. The summed E-state index contributed by atoms with van der Waals surface area (Å²) in [6.45, 7) is 2.93. The van der Waals surface area contributed by atoms with E-state index in [2.05, 4.69) is 9.84 Å². The molecule has 3 N–H and O–H groups in total. The van der Waals surface area contributed by atoms with Crippen LogP contribution >= 0.6 is 0 Å². The molecule has 0 radical (unpaired) electrons. The molecule has 78 valence electrons. The lowest BCUT2D eigenvalue weighted by atomic mass is 10.3. The first-order valence-corrected chi connectivity index (χ1v) is 3.80. The van der Waals surface area contributed by atoms with Gasteiger partial charge in [0.2, 0.25) is 0 Å². The number of rotatable bonds is 4. The summed E-state index contributed by atoms with van der Waals surface area (Å²) in [5, 5.41) is 3.27. The summed E-state index contributed by atoms with van der Waals surface area (Å²) >= 11 is 0. The Labute approximate surface area is 80.3 Å². The number of ketones is 1. The highest BCUT2D eigenvalue weighted by molar-refractivity contribution is 6.63. The number of hydrogen-bond acceptors (Lipinski definition) is 5. The predicted molar refractivity (Wildman–Crippen MR) is 47.5 cm³/mol. The molecule has 0 heterocycles. The first-order chi connectivity index (χ1) is 6.49. The largest absolute Gasteiger partial charge is 0.460 e. The van der Waals surface area contributed by atoms with Gasteiger partial charge in [-0.3, -0.25) is 4.79 Å². The number of carbonyl (C=O) groups is 3. The Bertz CT molecular complexity index is 285. The third-order valence-corrected chi connectivity index (χ3v) is 1.12. The van der Waals surface area contributed by atoms with Crippen molar-refractivity contribution < 1.29 is 19.1 Å². The molecular weight excluding hydrogens is 190 g/mol. The molecule has 0 spiro atoms. The molecule has 0 aliphatic rings. The van der Waals surface area contributed by atoms with Crippen LogP contribution in [-0.2, 0) is 14.3 Å². The Morgan fingerprint density at radius 2 is 2.00 bits per heavy atom. The number of amides is 2. The molecule has 0 saturated carbocycles. The van der Waals surface area contributed by atoms with Gasteiger partial charge in [-0.05, 0) is 13.8 Å². The minimum absolute atomic E-state index is 0.0983. The summed E-state index contributed by atoms with van der Waals surface area (Å²) in [4.78, 5) is 32.1. The number of primary amides is 1. The molecular formula is C7H11N3O4. The maximum Gasteiger partial charge on any atom is 0.381 e. The molecule has 7 heteroatoms. The van der Waals surface area contributed by atoms with Crippen molar-refractivity contribution in [3.63, 3.8) is 0 Å². The maximum absolute atomic E-state index is 11.0. The Morgan fingerprint density at radius 3 is 2.43 bits per heavy atom. The average Bonchev–Trinajstić information content (AvgIpc) is 2.13. The summed E-state index contributed by atoms with van der Waals surface area (Å²) in [7, 11) is 0. The molecule has 7 nitrogen and oxygen atoms in total. The van der Waals surface area contributed by atoms with Gasteiger partial charge in [-0.15, -0.1) is 0 Å². The minimum atomic E-state index is -1.01. The number of hydrogen-bond donors (Lipinski definition) is 2. The lowest BCUT2D eigenvalue weighted by Gasteiger charge is -1.99. The standard InChI is InChI=1S/C7H11N3O4/c1-3-14-6(12)5(11)4(2)9-10-7(8)13/h3H2,1-2H3,(H3,8,10,13)/b9-4-. The molecule has 0 rings (SSSR count). The molecule has 0 aliphatic carbocycles. The highest BCUT2D eigenvalue weighted by Gasteiger charge is 2.18. The van der Waals surface area contributed by atoms with E-state index in [1.54, 1.807) is 6.92 Å². The zero-order valence-corrected chi connectivity index (χ0v) is 7.86. The Hall–Kier alpha value is -1.92. The molecule has 0 unspecified atom stereocenters. The van der Waals surface area contributed by atoms with Crippen LogP contribution in [0.3, 0.4) is 0 Å². The van der Waals surface area contributed by atoms with Crippen molar-refractivity contribution in [3.05, 3.63) is 0 Å². The second kappa shape index (κ2) is 5.68. The number of Topliss-reactive ketones (excluding diaryl/α,β-unsaturated/α-hetero) is 1. The van der Waals surface area contributed by atoms with Gasteiger partial charge < -0.3 is 10.5 Å². The van der Waals surface area contributed by atoms with Gasteiger partial charge in [-0.1, -0.05) is 0 Å². The third kappa shape index (κ3) is 4.19. The molecule has 14 heavy (non-hydrogen) atoms. The summed E-state index contributed by atoms with van der Waals surface area (Å²) in [6, 6.07) is -0.916. The van der Waals surface area contributed by atoms with Gasteiger partial charge >= 0.3 is 12.0 Å². The van der Waals surface area contributed by atoms with Crippen molar-refractivity contribution in [3.8, 4) is 0 Å². The highest BCUT2D eigenvalue weighted by Crippen LogP contribution is 1.85. The van der Waals surface area contributed by atoms with E-state index in [0.29, 0.717) is 0 Å². The number of carbonyl (C=O) groups excluding carboxylic acids is 3. The fourth-order valence-electron chi connectivity index (χ4n) is 0.534. The molecule has 0 aromatic rings. The van der Waals surface area contributed by atoms with E-state index < -0.39 is 17.8 Å². The fraction of sp³-hybridized carbons (Fsp3) is 0.429. The van der Waals surface area contributed by atoms with Gasteiger partial charge in [0.15, 0.2) is 0 Å². The minimum Gasteiger partial charge on any atom is -0.460 e. The lowest BCUT2D eigenvalue weighted by molar-refractivity contribution is -0.150. The summed E-state index contributed by atoms with van der Waals surface area (Å²) in [6.07, 6.45) is 0. The van der Waals surface area contributed by atoms with Crippen LogP contribution < -0.4 is 11.2 Å². The van der Waals surface area contributed by atoms with Gasteiger partial charge in [-0.25, -0.2) is 15.0 Å². The first-order valence-electron chi connectivity index (χ1n) is 3.80. The zero-order chi connectivity index (χ0) is 11.1. The molecule has 0 atom stereocenters. The Morgan fingerprint density at radius 1 is 1.43 bits per heavy atom. The van der Waals surface area contributed by atoms with Crippen molar-refractivity contribution >= 4 is 23.5 Å². The van der Waals surface area contributed by atoms with Crippen LogP contribution in [0.15, 0.2) is 5.10 Å². The molecule has 0 bridgehead atoms. The second-order valence-corrected chi connectivity index (χ2v) is 2.22. The number of nitrogens with two attached hydrogens (primary N) is 1. The van der Waals surface area contributed by atoms with Crippen LogP contribution in [0.2, 0.25) is 0 Å². The van der Waals surface area contributed by atoms with Crippen LogP contribution in [0.5, 0.6) is 0 Å². The third-order valence-electron chi connectivity index (χ3n) is 1.12. The predicted octanol–water partition coefficient (Wildman–Crippen LogP) is -0.837. The number of nitrogens with one attached hydrogen (secondary N) is 1. The molecule has 0 aromatic heterocycles. The summed E-state index contributed by atoms with van der Waals surface area (Å²) in [5.41, 5.74) is 6.32. The summed E-state index contributed by atoms with van der Waals surface area (Å²) in [5.74, 6) is -1.93. The number of ether oxygens (including phenoxy) is 1. The molecule has 0 fully saturated rings. The van der Waals surface area contributed by atoms with E-state index in [1.807, 2.05) is 5.43 Å². The number of nitrogens with zero attached hydrogens (tertiary/aromatic N) is 1. The van der Waals surface area contributed by atoms with E-state index in [4.69, 9.17) is 5.73 Å². The Kier molecular flexibility index (Phi) is 4.90. The topological polar surface area (TPSA) is 111 Å². The monoisotopic (exact) mass is 201 g/mol. The smallest absolute Gasteiger partial charge is 0.381 e. The van der Waals surface area contributed by atoms with E-state index in [0.717, 1.165) is 0 Å². The average molecular weight is 201 g/mol. The van der Waals surface area contributed by atoms with Crippen LogP contribution in [0, 0.1) is 0 Å². The first kappa shape index (κ1) is 12.1. The fourth-order valence-corrected chi connectivity index (χ4v) is 0.534. The van der Waals surface area contributed by atoms with Gasteiger partial charge in [0.25, 0.3) is 5.78 Å². The number of hydrazone groups is 1. The van der Waals surface area contributed by atoms with Crippen molar-refractivity contribution in [2.45, 2.75) is 13.8 Å². The molecule has 2 amide bonds. The second-order valence-electron chi connectivity index (χ2n) is 2.22. The van der Waals surface area contributed by atoms with Gasteiger partial charge in [0, 0.05) is 0 Å². The maximum atomic E-state index is 11.0. The van der Waals surface area contributed by atoms with Gasteiger partial charge in [0.05, 0.1) is 6.61 Å². The van der Waals surface area contributed by atoms with Crippen LogP contribution in [-0.4, -0.2) is 30.1 Å². The van der Waals surface area contributed by atoms with Gasteiger partial charge in [0.1, 0.15) is 5.71 Å².